The molecule has 1 aromatic heterocycles. The molecular formula is C23H18N2O6S. The van der Waals surface area contributed by atoms with Gasteiger partial charge in [0.1, 0.15) is 11.5 Å². The summed E-state index contributed by atoms with van der Waals surface area (Å²) >= 11 is 1.45. The monoisotopic (exact) mass is 450 g/mol. The number of amides is 1. The Kier molecular flexibility index (Phi) is 5.74. The summed E-state index contributed by atoms with van der Waals surface area (Å²) < 4.78 is 5.46. The van der Waals surface area contributed by atoms with Crippen molar-refractivity contribution < 1.29 is 24.4 Å². The molecule has 1 atom stereocenters. The number of ether oxygens (including phenoxy) is 1. The average molecular weight is 450 g/mol. The molecule has 2 heterocycles. The second-order valence-electron chi connectivity index (χ2n) is 7.05. The minimum absolute atomic E-state index is 0.0927. The van der Waals surface area contributed by atoms with Crippen LogP contribution in [0.1, 0.15) is 22.0 Å². The van der Waals surface area contributed by atoms with E-state index in [-0.39, 0.29) is 23.4 Å². The molecule has 1 fully saturated rings. The van der Waals surface area contributed by atoms with Crippen LogP contribution in [0.15, 0.2) is 71.6 Å². The van der Waals surface area contributed by atoms with Gasteiger partial charge in [-0.1, -0.05) is 24.3 Å². The van der Waals surface area contributed by atoms with E-state index in [1.807, 2.05) is 17.5 Å². The highest BCUT2D eigenvalue weighted by atomic mass is 32.1. The van der Waals surface area contributed by atoms with Crippen LogP contribution in [0.5, 0.6) is 5.75 Å². The Labute approximate surface area is 187 Å². The number of carbonyl (C=O) groups is 2. The molecule has 0 bridgehead atoms. The summed E-state index contributed by atoms with van der Waals surface area (Å²) in [6.07, 6.45) is 0. The van der Waals surface area contributed by atoms with Gasteiger partial charge in [0.25, 0.3) is 17.4 Å². The molecule has 0 spiro atoms. The number of rotatable bonds is 6. The number of carbonyl (C=O) groups excluding carboxylic acids is 2. The summed E-state index contributed by atoms with van der Waals surface area (Å²) in [5.74, 6) is -1.50. The molecule has 9 heteroatoms. The van der Waals surface area contributed by atoms with Crippen molar-refractivity contribution >= 4 is 34.5 Å². The maximum atomic E-state index is 13.1. The van der Waals surface area contributed by atoms with Crippen LogP contribution in [0.2, 0.25) is 0 Å². The van der Waals surface area contributed by atoms with Crippen molar-refractivity contribution in [2.24, 2.45) is 0 Å². The van der Waals surface area contributed by atoms with E-state index in [1.54, 1.807) is 24.3 Å². The number of hydrogen-bond acceptors (Lipinski definition) is 7. The van der Waals surface area contributed by atoms with Crippen molar-refractivity contribution in [3.8, 4) is 5.75 Å². The average Bonchev–Trinajstić information content (AvgIpc) is 3.41. The van der Waals surface area contributed by atoms with Gasteiger partial charge in [-0.25, -0.2) is 0 Å². The van der Waals surface area contributed by atoms with Crippen LogP contribution in [-0.4, -0.2) is 33.7 Å². The van der Waals surface area contributed by atoms with E-state index in [9.17, 15) is 24.8 Å². The molecular weight excluding hydrogens is 432 g/mol. The number of para-hydroxylation sites is 1. The lowest BCUT2D eigenvalue weighted by atomic mass is 9.94. The van der Waals surface area contributed by atoms with E-state index >= 15 is 0 Å². The third-order valence-electron chi connectivity index (χ3n) is 5.23. The van der Waals surface area contributed by atoms with Crippen LogP contribution in [0.4, 0.5) is 5.69 Å². The fraction of sp³-hybridized carbons (Fsp3) is 0.130. The number of aliphatic hydroxyl groups excluding tert-OH is 1. The van der Waals surface area contributed by atoms with Gasteiger partial charge in [-0.2, -0.15) is 0 Å². The predicted octanol–water partition coefficient (Wildman–Crippen LogP) is 4.29. The highest BCUT2D eigenvalue weighted by Gasteiger charge is 2.47. The molecule has 32 heavy (non-hydrogen) atoms. The van der Waals surface area contributed by atoms with Gasteiger partial charge < -0.3 is 14.7 Å². The van der Waals surface area contributed by atoms with Gasteiger partial charge in [0, 0.05) is 28.1 Å². The largest absolute Gasteiger partial charge is 0.507 e. The first-order valence-electron chi connectivity index (χ1n) is 9.61. The van der Waals surface area contributed by atoms with Gasteiger partial charge in [-0.3, -0.25) is 19.7 Å². The van der Waals surface area contributed by atoms with E-state index in [0.717, 1.165) is 4.88 Å². The van der Waals surface area contributed by atoms with E-state index in [0.29, 0.717) is 11.3 Å². The Morgan fingerprint density at radius 1 is 1.12 bits per heavy atom. The summed E-state index contributed by atoms with van der Waals surface area (Å²) in [5.41, 5.74) is 0.504. The van der Waals surface area contributed by atoms with Crippen LogP contribution in [-0.2, 0) is 16.1 Å². The quantitative estimate of drug-likeness (QED) is 0.197. The Balaban J connectivity index is 1.88. The Morgan fingerprint density at radius 2 is 1.84 bits per heavy atom. The Morgan fingerprint density at radius 3 is 2.47 bits per heavy atom. The van der Waals surface area contributed by atoms with Crippen molar-refractivity contribution in [2.75, 3.05) is 7.11 Å². The van der Waals surface area contributed by atoms with Crippen molar-refractivity contribution in [3.05, 3.63) is 97.7 Å². The number of methoxy groups -OCH3 is 1. The summed E-state index contributed by atoms with van der Waals surface area (Å²) in [4.78, 5) is 38.7. The van der Waals surface area contributed by atoms with Crippen molar-refractivity contribution in [2.45, 2.75) is 12.6 Å². The molecule has 2 aromatic carbocycles. The lowest BCUT2D eigenvalue weighted by Gasteiger charge is -2.26. The smallest absolute Gasteiger partial charge is 0.295 e. The van der Waals surface area contributed by atoms with Crippen molar-refractivity contribution in [1.82, 2.24) is 4.90 Å². The molecule has 8 nitrogen and oxygen atoms in total. The molecule has 1 aliphatic rings. The van der Waals surface area contributed by atoms with Crippen molar-refractivity contribution in [1.29, 1.82) is 0 Å². The van der Waals surface area contributed by atoms with Crippen molar-refractivity contribution in [3.63, 3.8) is 0 Å². The number of hydrogen-bond donors (Lipinski definition) is 1. The molecule has 1 N–H and O–H groups in total. The number of ketones is 1. The van der Waals surface area contributed by atoms with Crippen LogP contribution in [0.3, 0.4) is 0 Å². The topological polar surface area (TPSA) is 110 Å². The molecule has 0 saturated carbocycles. The SMILES string of the molecule is COc1ccccc1C1/C(=C(\O)c2ccc([N+](=O)[O-])cc2)C(=O)C(=O)N1Cc1cccs1. The van der Waals surface area contributed by atoms with Crippen LogP contribution >= 0.6 is 11.3 Å². The maximum absolute atomic E-state index is 13.1. The van der Waals surface area contributed by atoms with E-state index < -0.39 is 28.4 Å². The van der Waals surface area contributed by atoms with Gasteiger partial charge in [0.2, 0.25) is 0 Å². The van der Waals surface area contributed by atoms with E-state index in [1.165, 1.54) is 47.6 Å². The number of nitrogens with zero attached hydrogens (tertiary/aromatic N) is 2. The molecule has 0 aliphatic carbocycles. The van der Waals surface area contributed by atoms with Crippen LogP contribution < -0.4 is 4.74 Å². The molecule has 1 aliphatic heterocycles. The number of Topliss-reactive ketones (excluding diaryl/α,β-unsaturated/α-hetero) is 1. The first-order chi connectivity index (χ1) is 15.4. The zero-order valence-electron chi connectivity index (χ0n) is 16.9. The molecule has 1 unspecified atom stereocenters. The van der Waals surface area contributed by atoms with Crippen LogP contribution in [0, 0.1) is 10.1 Å². The lowest BCUT2D eigenvalue weighted by molar-refractivity contribution is -0.384. The van der Waals surface area contributed by atoms with Gasteiger partial charge in [0.15, 0.2) is 0 Å². The zero-order chi connectivity index (χ0) is 22.8. The van der Waals surface area contributed by atoms with Gasteiger partial charge in [-0.15, -0.1) is 11.3 Å². The normalized spacial score (nSPS) is 17.5. The van der Waals surface area contributed by atoms with E-state index in [2.05, 4.69) is 0 Å². The highest BCUT2D eigenvalue weighted by molar-refractivity contribution is 7.09. The molecule has 162 valence electrons. The maximum Gasteiger partial charge on any atom is 0.295 e. The first kappa shape index (κ1) is 21.3. The number of nitro groups is 1. The molecule has 4 rings (SSSR count). The van der Waals surface area contributed by atoms with Crippen LogP contribution in [0.25, 0.3) is 5.76 Å². The molecule has 1 saturated heterocycles. The minimum Gasteiger partial charge on any atom is -0.507 e. The zero-order valence-corrected chi connectivity index (χ0v) is 17.7. The third kappa shape index (κ3) is 3.74. The fourth-order valence-electron chi connectivity index (χ4n) is 3.73. The summed E-state index contributed by atoms with van der Waals surface area (Å²) in [7, 11) is 1.49. The standard InChI is InChI=1S/C23H18N2O6S/c1-31-18-7-3-2-6-17(18)20-19(21(26)14-8-10-15(11-9-14)25(29)30)22(27)23(28)24(20)13-16-5-4-12-32-16/h2-12,20,26H,13H2,1H3/b21-19+. The molecule has 0 radical (unpaired) electrons. The Hall–Kier alpha value is -3.98. The number of nitro benzene ring substituents is 1. The second-order valence-corrected chi connectivity index (χ2v) is 8.08. The highest BCUT2D eigenvalue weighted by Crippen LogP contribution is 2.43. The lowest BCUT2D eigenvalue weighted by Crippen LogP contribution is -2.29. The molecule has 1 amide bonds. The van der Waals surface area contributed by atoms with Gasteiger partial charge in [-0.05, 0) is 29.6 Å². The Bertz CT molecular complexity index is 1220. The summed E-state index contributed by atoms with van der Waals surface area (Å²) in [6, 6.07) is 15.0. The second kappa shape index (κ2) is 8.64. The summed E-state index contributed by atoms with van der Waals surface area (Å²) in [6.45, 7) is 0.183. The minimum atomic E-state index is -0.886. The summed E-state index contributed by atoms with van der Waals surface area (Å²) in [5, 5.41) is 23.9. The number of thiophene rings is 1. The number of benzene rings is 2. The fourth-order valence-corrected chi connectivity index (χ4v) is 4.43. The number of aliphatic hydroxyl groups is 1. The third-order valence-corrected chi connectivity index (χ3v) is 6.09. The van der Waals surface area contributed by atoms with Gasteiger partial charge >= 0.3 is 0 Å². The molecule has 3 aromatic rings. The first-order valence-corrected chi connectivity index (χ1v) is 10.5. The number of non-ortho nitro benzene ring substituents is 1. The van der Waals surface area contributed by atoms with Gasteiger partial charge in [0.05, 0.1) is 30.2 Å². The number of likely N-dealkylation sites (tertiary alicyclic amines) is 1. The predicted molar refractivity (Wildman–Crippen MR) is 118 cm³/mol. The van der Waals surface area contributed by atoms with E-state index in [4.69, 9.17) is 4.74 Å².